The molecule has 0 unspecified atom stereocenters. The normalized spacial score (nSPS) is 16.0. The Morgan fingerprint density at radius 1 is 0.882 bits per heavy atom. The highest BCUT2D eigenvalue weighted by Crippen LogP contribution is 2.29. The second kappa shape index (κ2) is 10.0. The zero-order valence-electron chi connectivity index (χ0n) is 19.0. The largest absolute Gasteiger partial charge is 0.492 e. The van der Waals surface area contributed by atoms with Gasteiger partial charge in [-0.1, -0.05) is 24.3 Å². The van der Waals surface area contributed by atoms with Crippen molar-refractivity contribution in [3.63, 3.8) is 0 Å². The summed E-state index contributed by atoms with van der Waals surface area (Å²) in [4.78, 5) is 15.6. The molecule has 176 valence electrons. The van der Waals surface area contributed by atoms with Gasteiger partial charge < -0.3 is 9.47 Å². The molecule has 6 heteroatoms. The lowest BCUT2D eigenvalue weighted by Gasteiger charge is -2.26. The van der Waals surface area contributed by atoms with Crippen molar-refractivity contribution in [2.75, 3.05) is 39.5 Å². The number of hydrogen-bond donors (Lipinski definition) is 0. The summed E-state index contributed by atoms with van der Waals surface area (Å²) in [5, 5.41) is 0. The molecule has 34 heavy (non-hydrogen) atoms. The van der Waals surface area contributed by atoms with E-state index in [1.807, 2.05) is 36.4 Å². The fourth-order valence-corrected chi connectivity index (χ4v) is 4.69. The first-order valence-electron chi connectivity index (χ1n) is 11.7. The number of aryl methyl sites for hydroxylation is 2. The van der Waals surface area contributed by atoms with E-state index in [0.29, 0.717) is 36.1 Å². The average Bonchev–Trinajstić information content (AvgIpc) is 2.98. The highest BCUT2D eigenvalue weighted by molar-refractivity contribution is 6.11. The van der Waals surface area contributed by atoms with Gasteiger partial charge in [0.15, 0.2) is 5.78 Å². The third kappa shape index (κ3) is 5.03. The van der Waals surface area contributed by atoms with E-state index in [-0.39, 0.29) is 5.78 Å². The number of ketones is 1. The number of carbonyl (C=O) groups is 1. The number of morpholine rings is 1. The van der Waals surface area contributed by atoms with Crippen LogP contribution in [0.3, 0.4) is 0 Å². The average molecular weight is 464 g/mol. The van der Waals surface area contributed by atoms with Crippen molar-refractivity contribution in [3.05, 3.63) is 99.6 Å². The Kier molecular flexibility index (Phi) is 6.70. The van der Waals surface area contributed by atoms with E-state index in [1.165, 1.54) is 12.1 Å². The van der Waals surface area contributed by atoms with Gasteiger partial charge in [0.25, 0.3) is 0 Å². The first-order chi connectivity index (χ1) is 16.6. The molecule has 1 aliphatic heterocycles. The summed E-state index contributed by atoms with van der Waals surface area (Å²) in [6, 6.07) is 15.0. The molecule has 3 aromatic rings. The van der Waals surface area contributed by atoms with Crippen LogP contribution in [0.25, 0.3) is 0 Å². The number of halogens is 2. The molecule has 0 bridgehead atoms. The first-order valence-corrected chi connectivity index (χ1v) is 11.7. The molecule has 0 spiro atoms. The molecule has 0 radical (unpaired) electrons. The van der Waals surface area contributed by atoms with Gasteiger partial charge in [-0.15, -0.1) is 0 Å². The van der Waals surface area contributed by atoms with E-state index < -0.39 is 11.6 Å². The molecule has 0 saturated carbocycles. The summed E-state index contributed by atoms with van der Waals surface area (Å²) < 4.78 is 38.7. The number of fused-ring (bicyclic) bond motifs is 2. The maximum absolute atomic E-state index is 14.1. The summed E-state index contributed by atoms with van der Waals surface area (Å²) in [5.41, 5.74) is 4.66. The van der Waals surface area contributed by atoms with Crippen LogP contribution < -0.4 is 4.74 Å². The SMILES string of the molecule is O=C1c2ccc(Cc3ccc(F)cc3F)cc2CCc2cc(OCCN3CCOCC3)ccc21. The maximum Gasteiger partial charge on any atom is 0.193 e. The third-order valence-electron chi connectivity index (χ3n) is 6.59. The van der Waals surface area contributed by atoms with E-state index in [4.69, 9.17) is 9.47 Å². The zero-order valence-corrected chi connectivity index (χ0v) is 19.0. The first kappa shape index (κ1) is 22.7. The monoisotopic (exact) mass is 463 g/mol. The van der Waals surface area contributed by atoms with Crippen molar-refractivity contribution in [1.82, 2.24) is 4.90 Å². The molecular formula is C28H27F2NO3. The summed E-state index contributed by atoms with van der Waals surface area (Å²) in [6.07, 6.45) is 1.79. The van der Waals surface area contributed by atoms with Gasteiger partial charge in [0, 0.05) is 43.2 Å². The molecule has 0 aromatic heterocycles. The van der Waals surface area contributed by atoms with Crippen LogP contribution in [0, 0.1) is 11.6 Å². The molecule has 3 aromatic carbocycles. The number of rotatable bonds is 6. The predicted molar refractivity (Wildman–Crippen MR) is 126 cm³/mol. The summed E-state index contributed by atoms with van der Waals surface area (Å²) in [5.74, 6) is -0.365. The number of ether oxygens (including phenoxy) is 2. The van der Waals surface area contributed by atoms with E-state index >= 15 is 0 Å². The van der Waals surface area contributed by atoms with Gasteiger partial charge in [-0.05, 0) is 59.4 Å². The molecule has 4 nitrogen and oxygen atoms in total. The molecule has 1 heterocycles. The summed E-state index contributed by atoms with van der Waals surface area (Å²) >= 11 is 0. The molecule has 0 N–H and O–H groups in total. The fourth-order valence-electron chi connectivity index (χ4n) is 4.69. The Bertz CT molecular complexity index is 1200. The summed E-state index contributed by atoms with van der Waals surface area (Å²) in [7, 11) is 0. The number of benzene rings is 3. The van der Waals surface area contributed by atoms with Crippen molar-refractivity contribution >= 4 is 5.78 Å². The second-order valence-electron chi connectivity index (χ2n) is 8.85. The van der Waals surface area contributed by atoms with Crippen LogP contribution >= 0.6 is 0 Å². The van der Waals surface area contributed by atoms with Crippen LogP contribution in [0.1, 0.15) is 38.2 Å². The second-order valence-corrected chi connectivity index (χ2v) is 8.85. The molecule has 1 fully saturated rings. The van der Waals surface area contributed by atoms with Crippen LogP contribution in [-0.4, -0.2) is 50.1 Å². The topological polar surface area (TPSA) is 38.8 Å². The van der Waals surface area contributed by atoms with Gasteiger partial charge in [0.05, 0.1) is 13.2 Å². The van der Waals surface area contributed by atoms with Gasteiger partial charge in [0.2, 0.25) is 0 Å². The number of nitrogens with zero attached hydrogens (tertiary/aromatic N) is 1. The van der Waals surface area contributed by atoms with Gasteiger partial charge >= 0.3 is 0 Å². The summed E-state index contributed by atoms with van der Waals surface area (Å²) in [6.45, 7) is 4.83. The molecule has 1 aliphatic carbocycles. The molecule has 1 saturated heterocycles. The van der Waals surface area contributed by atoms with Crippen LogP contribution in [0.5, 0.6) is 5.75 Å². The lowest BCUT2D eigenvalue weighted by molar-refractivity contribution is 0.0322. The van der Waals surface area contributed by atoms with E-state index in [1.54, 1.807) is 0 Å². The third-order valence-corrected chi connectivity index (χ3v) is 6.59. The standard InChI is InChI=1S/C28H27F2NO3/c29-23-5-4-22(27(30)18-23)16-19-1-7-25-20(15-19)2-3-21-17-24(6-8-26(21)28(25)32)34-14-11-31-9-12-33-13-10-31/h1,4-8,15,17-18H,2-3,9-14,16H2. The maximum atomic E-state index is 14.1. The molecule has 5 rings (SSSR count). The van der Waals surface area contributed by atoms with Crippen molar-refractivity contribution in [2.45, 2.75) is 19.3 Å². The smallest absolute Gasteiger partial charge is 0.193 e. The Labute approximate surface area is 198 Å². The lowest BCUT2D eigenvalue weighted by atomic mass is 9.95. The van der Waals surface area contributed by atoms with Gasteiger partial charge in [0.1, 0.15) is 24.0 Å². The van der Waals surface area contributed by atoms with E-state index in [0.717, 1.165) is 67.8 Å². The Balaban J connectivity index is 1.28. The number of carbonyl (C=O) groups excluding carboxylic acids is 1. The lowest BCUT2D eigenvalue weighted by Crippen LogP contribution is -2.38. The van der Waals surface area contributed by atoms with Crippen LogP contribution in [0.2, 0.25) is 0 Å². The fraction of sp³-hybridized carbons (Fsp3) is 0.321. The molecule has 0 atom stereocenters. The predicted octanol–water partition coefficient (Wildman–Crippen LogP) is 4.60. The number of hydrogen-bond acceptors (Lipinski definition) is 4. The Hall–Kier alpha value is -3.09. The highest BCUT2D eigenvalue weighted by Gasteiger charge is 2.22. The van der Waals surface area contributed by atoms with Crippen LogP contribution in [-0.2, 0) is 24.0 Å². The van der Waals surface area contributed by atoms with Gasteiger partial charge in [-0.3, -0.25) is 9.69 Å². The van der Waals surface area contributed by atoms with Crippen molar-refractivity contribution in [3.8, 4) is 5.75 Å². The Morgan fingerprint density at radius 2 is 1.62 bits per heavy atom. The van der Waals surface area contributed by atoms with Gasteiger partial charge in [-0.25, -0.2) is 8.78 Å². The minimum absolute atomic E-state index is 0.00174. The minimum atomic E-state index is -0.587. The minimum Gasteiger partial charge on any atom is -0.492 e. The molecule has 0 amide bonds. The van der Waals surface area contributed by atoms with Crippen molar-refractivity contribution < 1.29 is 23.0 Å². The molecule has 2 aliphatic rings. The zero-order chi connectivity index (χ0) is 23.5. The van der Waals surface area contributed by atoms with Gasteiger partial charge in [-0.2, -0.15) is 0 Å². The van der Waals surface area contributed by atoms with Crippen molar-refractivity contribution in [1.29, 1.82) is 0 Å². The highest BCUT2D eigenvalue weighted by atomic mass is 19.1. The molecular weight excluding hydrogens is 436 g/mol. The van der Waals surface area contributed by atoms with Crippen LogP contribution in [0.15, 0.2) is 54.6 Å². The quantitative estimate of drug-likeness (QED) is 0.536. The Morgan fingerprint density at radius 3 is 2.38 bits per heavy atom. The van der Waals surface area contributed by atoms with E-state index in [2.05, 4.69) is 4.90 Å². The van der Waals surface area contributed by atoms with Crippen molar-refractivity contribution in [2.24, 2.45) is 0 Å². The van der Waals surface area contributed by atoms with E-state index in [9.17, 15) is 13.6 Å². The van der Waals surface area contributed by atoms with Crippen LogP contribution in [0.4, 0.5) is 8.78 Å².